The van der Waals surface area contributed by atoms with E-state index in [1.807, 2.05) is 0 Å². The molecule has 1 saturated carbocycles. The summed E-state index contributed by atoms with van der Waals surface area (Å²) in [4.78, 5) is 4.22. The van der Waals surface area contributed by atoms with Gasteiger partial charge in [0.05, 0.1) is 6.54 Å². The van der Waals surface area contributed by atoms with Crippen LogP contribution in [-0.2, 0) is 0 Å². The lowest BCUT2D eigenvalue weighted by molar-refractivity contribution is 0.399. The molecule has 0 N–H and O–H groups in total. The molecule has 1 heterocycles. The molecule has 12 heavy (non-hydrogen) atoms. The van der Waals surface area contributed by atoms with Crippen LogP contribution in [0.1, 0.15) is 38.5 Å². The van der Waals surface area contributed by atoms with Crippen molar-refractivity contribution in [3.05, 3.63) is 11.6 Å². The standard InChI is InChI=1S/C11H17N/c1-2-4-10(5-3-1)11-6-8-12-9-7-11/h6,9-10H,1-5,7-8H2. The summed E-state index contributed by atoms with van der Waals surface area (Å²) in [5.74, 6) is 0.908. The SMILES string of the molecule is C1=NCC=C(C2CCCCC2)C1. The summed E-state index contributed by atoms with van der Waals surface area (Å²) in [6, 6.07) is 0. The predicted molar refractivity (Wildman–Crippen MR) is 52.6 cm³/mol. The Hall–Kier alpha value is -0.590. The normalized spacial score (nSPS) is 25.5. The van der Waals surface area contributed by atoms with Gasteiger partial charge in [-0.3, -0.25) is 4.99 Å². The molecule has 1 fully saturated rings. The summed E-state index contributed by atoms with van der Waals surface area (Å²) in [5, 5.41) is 0. The van der Waals surface area contributed by atoms with Gasteiger partial charge in [0.2, 0.25) is 0 Å². The lowest BCUT2D eigenvalue weighted by Crippen LogP contribution is -2.11. The van der Waals surface area contributed by atoms with Crippen molar-refractivity contribution in [2.75, 3.05) is 6.54 Å². The van der Waals surface area contributed by atoms with Gasteiger partial charge in [-0.2, -0.15) is 0 Å². The number of nitrogens with zero attached hydrogens (tertiary/aromatic N) is 1. The zero-order valence-electron chi connectivity index (χ0n) is 7.63. The number of dihydropyridines is 1. The molecule has 0 unspecified atom stereocenters. The van der Waals surface area contributed by atoms with Gasteiger partial charge in [0.15, 0.2) is 0 Å². The molecule has 0 atom stereocenters. The molecule has 0 saturated heterocycles. The zero-order valence-corrected chi connectivity index (χ0v) is 7.63. The highest BCUT2D eigenvalue weighted by Crippen LogP contribution is 2.31. The first kappa shape index (κ1) is 8.03. The quantitative estimate of drug-likeness (QED) is 0.527. The van der Waals surface area contributed by atoms with Gasteiger partial charge in [-0.15, -0.1) is 0 Å². The van der Waals surface area contributed by atoms with Crippen LogP contribution in [0.2, 0.25) is 0 Å². The first-order valence-corrected chi connectivity index (χ1v) is 5.14. The first-order valence-electron chi connectivity index (χ1n) is 5.14. The van der Waals surface area contributed by atoms with Crippen LogP contribution in [0.4, 0.5) is 0 Å². The van der Waals surface area contributed by atoms with Crippen molar-refractivity contribution < 1.29 is 0 Å². The third-order valence-electron chi connectivity index (χ3n) is 3.04. The summed E-state index contributed by atoms with van der Waals surface area (Å²) in [6.07, 6.45) is 12.8. The van der Waals surface area contributed by atoms with E-state index in [9.17, 15) is 0 Å². The number of hydrogen-bond acceptors (Lipinski definition) is 1. The van der Waals surface area contributed by atoms with E-state index in [1.165, 1.54) is 32.1 Å². The van der Waals surface area contributed by atoms with Crippen LogP contribution >= 0.6 is 0 Å². The molecule has 0 aromatic carbocycles. The van der Waals surface area contributed by atoms with E-state index >= 15 is 0 Å². The average molecular weight is 163 g/mol. The topological polar surface area (TPSA) is 12.4 Å². The van der Waals surface area contributed by atoms with E-state index < -0.39 is 0 Å². The largest absolute Gasteiger partial charge is 0.293 e. The molecule has 0 spiro atoms. The van der Waals surface area contributed by atoms with Crippen LogP contribution in [0, 0.1) is 5.92 Å². The van der Waals surface area contributed by atoms with Crippen LogP contribution in [0.5, 0.6) is 0 Å². The lowest BCUT2D eigenvalue weighted by Gasteiger charge is -2.24. The molecule has 1 aliphatic heterocycles. The fourth-order valence-corrected chi connectivity index (χ4v) is 2.30. The first-order chi connectivity index (χ1) is 5.97. The molecule has 2 aliphatic rings. The van der Waals surface area contributed by atoms with E-state index in [2.05, 4.69) is 17.3 Å². The number of allylic oxidation sites excluding steroid dienone is 1. The Balaban J connectivity index is 1.93. The van der Waals surface area contributed by atoms with Crippen molar-refractivity contribution in [1.29, 1.82) is 0 Å². The molecule has 1 aliphatic carbocycles. The molecule has 0 bridgehead atoms. The highest BCUT2D eigenvalue weighted by molar-refractivity contribution is 5.63. The smallest absolute Gasteiger partial charge is 0.0569 e. The van der Waals surface area contributed by atoms with Crippen LogP contribution < -0.4 is 0 Å². The van der Waals surface area contributed by atoms with Crippen molar-refractivity contribution in [3.8, 4) is 0 Å². The van der Waals surface area contributed by atoms with E-state index in [0.29, 0.717) is 0 Å². The van der Waals surface area contributed by atoms with E-state index in [-0.39, 0.29) is 0 Å². The van der Waals surface area contributed by atoms with Crippen LogP contribution in [-0.4, -0.2) is 12.8 Å². The third-order valence-corrected chi connectivity index (χ3v) is 3.04. The van der Waals surface area contributed by atoms with Crippen molar-refractivity contribution in [2.24, 2.45) is 10.9 Å². The second kappa shape index (κ2) is 3.88. The minimum atomic E-state index is 0.908. The fourth-order valence-electron chi connectivity index (χ4n) is 2.30. The van der Waals surface area contributed by atoms with E-state index in [0.717, 1.165) is 18.9 Å². The second-order valence-electron chi connectivity index (χ2n) is 3.87. The summed E-state index contributed by atoms with van der Waals surface area (Å²) in [5.41, 5.74) is 1.67. The predicted octanol–water partition coefficient (Wildman–Crippen LogP) is 2.97. The fraction of sp³-hybridized carbons (Fsp3) is 0.727. The molecule has 1 nitrogen and oxygen atoms in total. The van der Waals surface area contributed by atoms with Gasteiger partial charge in [0.25, 0.3) is 0 Å². The Bertz CT molecular complexity index is 197. The molecule has 1 heteroatoms. The van der Waals surface area contributed by atoms with Crippen molar-refractivity contribution in [2.45, 2.75) is 38.5 Å². The van der Waals surface area contributed by atoms with Gasteiger partial charge >= 0.3 is 0 Å². The van der Waals surface area contributed by atoms with Crippen molar-refractivity contribution in [1.82, 2.24) is 0 Å². The number of hydrogen-bond donors (Lipinski definition) is 0. The molecule has 0 amide bonds. The van der Waals surface area contributed by atoms with Crippen LogP contribution in [0.3, 0.4) is 0 Å². The maximum atomic E-state index is 4.22. The molecule has 0 aromatic heterocycles. The third kappa shape index (κ3) is 1.77. The summed E-state index contributed by atoms with van der Waals surface area (Å²) >= 11 is 0. The van der Waals surface area contributed by atoms with E-state index in [1.54, 1.807) is 5.57 Å². The highest BCUT2D eigenvalue weighted by atomic mass is 14.7. The van der Waals surface area contributed by atoms with Gasteiger partial charge in [0.1, 0.15) is 0 Å². The van der Waals surface area contributed by atoms with Crippen LogP contribution in [0.25, 0.3) is 0 Å². The number of aliphatic imine (C=N–C) groups is 1. The van der Waals surface area contributed by atoms with Crippen molar-refractivity contribution >= 4 is 6.21 Å². The van der Waals surface area contributed by atoms with Gasteiger partial charge in [-0.1, -0.05) is 30.9 Å². The van der Waals surface area contributed by atoms with Gasteiger partial charge < -0.3 is 0 Å². The Morgan fingerprint density at radius 1 is 1.17 bits per heavy atom. The van der Waals surface area contributed by atoms with Crippen LogP contribution in [0.15, 0.2) is 16.6 Å². The summed E-state index contributed by atoms with van der Waals surface area (Å²) in [6.45, 7) is 0.936. The van der Waals surface area contributed by atoms with Crippen molar-refractivity contribution in [3.63, 3.8) is 0 Å². The van der Waals surface area contributed by atoms with Gasteiger partial charge in [0, 0.05) is 12.6 Å². The minimum Gasteiger partial charge on any atom is -0.293 e. The molecular weight excluding hydrogens is 146 g/mol. The maximum absolute atomic E-state index is 4.22. The Labute approximate surface area is 74.6 Å². The summed E-state index contributed by atoms with van der Waals surface area (Å²) < 4.78 is 0. The highest BCUT2D eigenvalue weighted by Gasteiger charge is 2.17. The average Bonchev–Trinajstić information content (AvgIpc) is 2.21. The summed E-state index contributed by atoms with van der Waals surface area (Å²) in [7, 11) is 0. The molecular formula is C11H17N. The Morgan fingerprint density at radius 3 is 2.67 bits per heavy atom. The van der Waals surface area contributed by atoms with Gasteiger partial charge in [-0.05, 0) is 18.8 Å². The number of rotatable bonds is 1. The molecule has 2 rings (SSSR count). The zero-order chi connectivity index (χ0) is 8.23. The second-order valence-corrected chi connectivity index (χ2v) is 3.87. The van der Waals surface area contributed by atoms with E-state index in [4.69, 9.17) is 0 Å². The maximum Gasteiger partial charge on any atom is 0.0569 e. The molecule has 0 aromatic rings. The molecule has 0 radical (unpaired) electrons. The minimum absolute atomic E-state index is 0.908. The Kier molecular flexibility index (Phi) is 2.60. The Morgan fingerprint density at radius 2 is 2.00 bits per heavy atom. The monoisotopic (exact) mass is 163 g/mol. The molecule has 66 valence electrons. The lowest BCUT2D eigenvalue weighted by atomic mass is 9.82. The van der Waals surface area contributed by atoms with Gasteiger partial charge in [-0.25, -0.2) is 0 Å².